The van der Waals surface area contributed by atoms with Crippen LogP contribution in [0.3, 0.4) is 0 Å². The summed E-state index contributed by atoms with van der Waals surface area (Å²) >= 11 is 6.17. The molecular formula is C19H37Cl. The lowest BCUT2D eigenvalue weighted by molar-refractivity contribution is 0.337. The molecular weight excluding hydrogens is 264 g/mol. The lowest BCUT2D eigenvalue weighted by Gasteiger charge is -2.20. The van der Waals surface area contributed by atoms with Crippen molar-refractivity contribution < 1.29 is 0 Å². The normalized spacial score (nSPS) is 17.7. The maximum absolute atomic E-state index is 6.17. The van der Waals surface area contributed by atoms with Crippen LogP contribution < -0.4 is 0 Å². The SMILES string of the molecule is CCCCCCCCCCCCC(CCl)C1CCCC1. The molecule has 1 unspecified atom stereocenters. The highest BCUT2D eigenvalue weighted by molar-refractivity contribution is 6.18. The Bertz CT molecular complexity index is 196. The first-order chi connectivity index (χ1) is 9.88. The van der Waals surface area contributed by atoms with E-state index in [1.54, 1.807) is 0 Å². The van der Waals surface area contributed by atoms with Crippen LogP contribution in [0.2, 0.25) is 0 Å². The fourth-order valence-electron chi connectivity index (χ4n) is 3.76. The molecule has 0 aromatic heterocycles. The third-order valence-electron chi connectivity index (χ3n) is 5.19. The zero-order valence-corrected chi connectivity index (χ0v) is 14.6. The smallest absolute Gasteiger partial charge is 0.0254 e. The predicted octanol–water partition coefficient (Wildman–Crippen LogP) is 7.34. The average molecular weight is 301 g/mol. The van der Waals surface area contributed by atoms with Gasteiger partial charge in [0.2, 0.25) is 0 Å². The standard InChI is InChI=1S/C19H37Cl/c1-2-3-4-5-6-7-8-9-10-11-16-19(17-20)18-14-12-13-15-18/h18-19H,2-17H2,1H3. The minimum atomic E-state index is 0.827. The fraction of sp³-hybridized carbons (Fsp3) is 1.00. The molecule has 120 valence electrons. The van der Waals surface area contributed by atoms with Crippen molar-refractivity contribution in [2.75, 3.05) is 5.88 Å². The Hall–Kier alpha value is 0.290. The van der Waals surface area contributed by atoms with E-state index in [4.69, 9.17) is 11.6 Å². The van der Waals surface area contributed by atoms with E-state index < -0.39 is 0 Å². The maximum atomic E-state index is 6.17. The highest BCUT2D eigenvalue weighted by Gasteiger charge is 2.23. The van der Waals surface area contributed by atoms with Crippen LogP contribution in [-0.2, 0) is 0 Å². The molecule has 0 bridgehead atoms. The van der Waals surface area contributed by atoms with Gasteiger partial charge in [-0.05, 0) is 18.3 Å². The van der Waals surface area contributed by atoms with E-state index in [2.05, 4.69) is 6.92 Å². The van der Waals surface area contributed by atoms with Crippen molar-refractivity contribution >= 4 is 11.6 Å². The molecule has 0 nitrogen and oxygen atoms in total. The lowest BCUT2D eigenvalue weighted by atomic mass is 9.88. The molecule has 1 aliphatic carbocycles. The molecule has 0 N–H and O–H groups in total. The van der Waals surface area contributed by atoms with Crippen molar-refractivity contribution in [1.29, 1.82) is 0 Å². The van der Waals surface area contributed by atoms with Gasteiger partial charge in [0.05, 0.1) is 0 Å². The van der Waals surface area contributed by atoms with Crippen molar-refractivity contribution in [1.82, 2.24) is 0 Å². The molecule has 20 heavy (non-hydrogen) atoms. The summed E-state index contributed by atoms with van der Waals surface area (Å²) in [7, 11) is 0. The predicted molar refractivity (Wildman–Crippen MR) is 92.6 cm³/mol. The summed E-state index contributed by atoms with van der Waals surface area (Å²) in [6.07, 6.45) is 21.6. The van der Waals surface area contributed by atoms with E-state index in [0.717, 1.165) is 17.7 Å². The van der Waals surface area contributed by atoms with Crippen molar-refractivity contribution in [3.05, 3.63) is 0 Å². The van der Waals surface area contributed by atoms with Crippen LogP contribution in [0.15, 0.2) is 0 Å². The average Bonchev–Trinajstić information content (AvgIpc) is 2.99. The number of hydrogen-bond acceptors (Lipinski definition) is 0. The second-order valence-electron chi connectivity index (χ2n) is 6.93. The molecule has 1 fully saturated rings. The highest BCUT2D eigenvalue weighted by atomic mass is 35.5. The molecule has 0 saturated heterocycles. The van der Waals surface area contributed by atoms with E-state index >= 15 is 0 Å². The van der Waals surface area contributed by atoms with Gasteiger partial charge in [0.25, 0.3) is 0 Å². The van der Waals surface area contributed by atoms with Gasteiger partial charge in [-0.2, -0.15) is 0 Å². The molecule has 1 heteroatoms. The summed E-state index contributed by atoms with van der Waals surface area (Å²) in [5.41, 5.74) is 0. The van der Waals surface area contributed by atoms with Crippen LogP contribution in [0.1, 0.15) is 103 Å². The number of halogens is 1. The zero-order chi connectivity index (χ0) is 14.5. The van der Waals surface area contributed by atoms with Crippen LogP contribution in [0.5, 0.6) is 0 Å². The monoisotopic (exact) mass is 300 g/mol. The van der Waals surface area contributed by atoms with Gasteiger partial charge < -0.3 is 0 Å². The largest absolute Gasteiger partial charge is 0.126 e. The van der Waals surface area contributed by atoms with Gasteiger partial charge in [0, 0.05) is 5.88 Å². The number of rotatable bonds is 13. The van der Waals surface area contributed by atoms with Crippen molar-refractivity contribution in [3.63, 3.8) is 0 Å². The number of unbranched alkanes of at least 4 members (excludes halogenated alkanes) is 9. The van der Waals surface area contributed by atoms with E-state index in [9.17, 15) is 0 Å². The molecule has 1 saturated carbocycles. The Morgan fingerprint density at radius 2 is 1.30 bits per heavy atom. The van der Waals surface area contributed by atoms with Crippen molar-refractivity contribution in [2.24, 2.45) is 11.8 Å². The van der Waals surface area contributed by atoms with Gasteiger partial charge in [0.15, 0.2) is 0 Å². The minimum Gasteiger partial charge on any atom is -0.126 e. The first kappa shape index (κ1) is 18.3. The fourth-order valence-corrected chi connectivity index (χ4v) is 4.17. The Balaban J connectivity index is 1.85. The van der Waals surface area contributed by atoms with Gasteiger partial charge in [-0.25, -0.2) is 0 Å². The summed E-state index contributed by atoms with van der Waals surface area (Å²) in [6.45, 7) is 2.29. The third kappa shape index (κ3) is 8.55. The summed E-state index contributed by atoms with van der Waals surface area (Å²) in [6, 6.07) is 0. The van der Waals surface area contributed by atoms with Gasteiger partial charge >= 0.3 is 0 Å². The van der Waals surface area contributed by atoms with Crippen LogP contribution >= 0.6 is 11.6 Å². The lowest BCUT2D eigenvalue weighted by Crippen LogP contribution is -2.13. The summed E-state index contributed by atoms with van der Waals surface area (Å²) < 4.78 is 0. The molecule has 0 spiro atoms. The van der Waals surface area contributed by atoms with Gasteiger partial charge in [-0.15, -0.1) is 11.6 Å². The van der Waals surface area contributed by atoms with E-state index in [0.29, 0.717) is 0 Å². The first-order valence-corrected chi connectivity index (χ1v) is 9.98. The molecule has 0 radical (unpaired) electrons. The molecule has 0 aromatic rings. The minimum absolute atomic E-state index is 0.827. The molecule has 1 rings (SSSR count). The summed E-state index contributed by atoms with van der Waals surface area (Å²) in [4.78, 5) is 0. The van der Waals surface area contributed by atoms with Crippen LogP contribution in [0.25, 0.3) is 0 Å². The van der Waals surface area contributed by atoms with Gasteiger partial charge in [-0.1, -0.05) is 96.8 Å². The molecule has 0 amide bonds. The quantitative estimate of drug-likeness (QED) is 0.246. The molecule has 0 aliphatic heterocycles. The Labute approximate surface area is 133 Å². The summed E-state index contributed by atoms with van der Waals surface area (Å²) in [5.74, 6) is 2.70. The Morgan fingerprint density at radius 3 is 1.80 bits per heavy atom. The molecule has 0 heterocycles. The topological polar surface area (TPSA) is 0 Å². The first-order valence-electron chi connectivity index (χ1n) is 9.44. The van der Waals surface area contributed by atoms with E-state index in [1.165, 1.54) is 96.3 Å². The van der Waals surface area contributed by atoms with Crippen molar-refractivity contribution in [2.45, 2.75) is 103 Å². The molecule has 0 aromatic carbocycles. The van der Waals surface area contributed by atoms with Gasteiger partial charge in [-0.3, -0.25) is 0 Å². The van der Waals surface area contributed by atoms with Crippen LogP contribution in [0.4, 0.5) is 0 Å². The second-order valence-corrected chi connectivity index (χ2v) is 7.24. The summed E-state index contributed by atoms with van der Waals surface area (Å²) in [5, 5.41) is 0. The third-order valence-corrected chi connectivity index (χ3v) is 5.59. The van der Waals surface area contributed by atoms with Crippen molar-refractivity contribution in [3.8, 4) is 0 Å². The van der Waals surface area contributed by atoms with Gasteiger partial charge in [0.1, 0.15) is 0 Å². The van der Waals surface area contributed by atoms with E-state index in [-0.39, 0.29) is 0 Å². The molecule has 1 aliphatic rings. The highest BCUT2D eigenvalue weighted by Crippen LogP contribution is 2.34. The second kappa shape index (κ2) is 13.0. The Morgan fingerprint density at radius 1 is 0.800 bits per heavy atom. The maximum Gasteiger partial charge on any atom is 0.0254 e. The van der Waals surface area contributed by atoms with Crippen LogP contribution in [-0.4, -0.2) is 5.88 Å². The molecule has 1 atom stereocenters. The Kier molecular flexibility index (Phi) is 11.9. The van der Waals surface area contributed by atoms with E-state index in [1.807, 2.05) is 0 Å². The zero-order valence-electron chi connectivity index (χ0n) is 13.8. The number of hydrogen-bond donors (Lipinski definition) is 0. The van der Waals surface area contributed by atoms with Crippen LogP contribution in [0, 0.1) is 11.8 Å². The number of alkyl halides is 1.